The van der Waals surface area contributed by atoms with E-state index in [0.717, 1.165) is 35.8 Å². The molecule has 0 amide bonds. The highest BCUT2D eigenvalue weighted by molar-refractivity contribution is 14.1. The van der Waals surface area contributed by atoms with E-state index >= 15 is 0 Å². The fourth-order valence-corrected chi connectivity index (χ4v) is 3.45. The predicted molar refractivity (Wildman–Crippen MR) is 94.8 cm³/mol. The van der Waals surface area contributed by atoms with Gasteiger partial charge < -0.3 is 15.6 Å². The Morgan fingerprint density at radius 2 is 2.10 bits per heavy atom. The predicted octanol–water partition coefficient (Wildman–Crippen LogP) is 3.52. The van der Waals surface area contributed by atoms with Crippen molar-refractivity contribution in [1.82, 2.24) is 4.98 Å². The van der Waals surface area contributed by atoms with Gasteiger partial charge in [0.1, 0.15) is 17.4 Å². The van der Waals surface area contributed by atoms with Crippen molar-refractivity contribution in [3.8, 4) is 16.3 Å². The van der Waals surface area contributed by atoms with E-state index in [1.807, 2.05) is 36.4 Å². The Bertz CT molecular complexity index is 788. The maximum Gasteiger partial charge on any atom is 0.124 e. The highest BCUT2D eigenvalue weighted by Crippen LogP contribution is 2.33. The van der Waals surface area contributed by atoms with Crippen LogP contribution in [0.1, 0.15) is 0 Å². The van der Waals surface area contributed by atoms with Gasteiger partial charge in [0.15, 0.2) is 0 Å². The number of thiazole rings is 1. The molecule has 1 aromatic heterocycles. The zero-order valence-electron chi connectivity index (χ0n) is 11.0. The number of nitrogens with zero attached hydrogens (tertiary/aromatic N) is 1. The van der Waals surface area contributed by atoms with Crippen molar-refractivity contribution in [1.29, 1.82) is 0 Å². The van der Waals surface area contributed by atoms with E-state index in [-0.39, 0.29) is 6.61 Å². The normalized spacial score (nSPS) is 11.0. The van der Waals surface area contributed by atoms with Gasteiger partial charge in [-0.15, -0.1) is 11.3 Å². The lowest BCUT2D eigenvalue weighted by atomic mass is 10.2. The zero-order valence-corrected chi connectivity index (χ0v) is 14.0. The molecule has 3 aromatic rings. The van der Waals surface area contributed by atoms with E-state index in [9.17, 15) is 0 Å². The third-order valence-corrected chi connectivity index (χ3v) is 4.97. The third-order valence-electron chi connectivity index (χ3n) is 2.97. The molecule has 0 bridgehead atoms. The van der Waals surface area contributed by atoms with Crippen molar-refractivity contribution in [2.75, 3.05) is 18.9 Å². The molecule has 0 aliphatic heterocycles. The minimum absolute atomic E-state index is 0.00977. The van der Waals surface area contributed by atoms with Gasteiger partial charge in [0, 0.05) is 14.8 Å². The molecule has 0 spiro atoms. The van der Waals surface area contributed by atoms with Crippen LogP contribution in [-0.4, -0.2) is 23.3 Å². The van der Waals surface area contributed by atoms with Gasteiger partial charge >= 0.3 is 0 Å². The van der Waals surface area contributed by atoms with E-state index in [2.05, 4.69) is 27.6 Å². The minimum Gasteiger partial charge on any atom is -0.491 e. The van der Waals surface area contributed by atoms with Gasteiger partial charge in [-0.3, -0.25) is 0 Å². The lowest BCUT2D eigenvalue weighted by Crippen LogP contribution is -2.00. The van der Waals surface area contributed by atoms with Gasteiger partial charge in [-0.05, 0) is 59.0 Å². The highest BCUT2D eigenvalue weighted by atomic mass is 127. The van der Waals surface area contributed by atoms with Crippen LogP contribution in [0.25, 0.3) is 20.8 Å². The maximum absolute atomic E-state index is 8.80. The Hall–Kier alpha value is -1.38. The molecule has 0 fully saturated rings. The molecule has 0 radical (unpaired) electrons. The number of aliphatic hydroxyl groups is 1. The number of anilines is 1. The fraction of sp³-hybridized carbons (Fsp3) is 0.133. The molecule has 1 heterocycles. The van der Waals surface area contributed by atoms with Gasteiger partial charge in [-0.2, -0.15) is 0 Å². The SMILES string of the molecule is Nc1ccc(-c2nc3ccc(OCCO)cc3s2)cc1I. The fourth-order valence-electron chi connectivity index (χ4n) is 1.94. The molecule has 0 saturated carbocycles. The van der Waals surface area contributed by atoms with Crippen molar-refractivity contribution in [3.63, 3.8) is 0 Å². The molecule has 0 aliphatic rings. The smallest absolute Gasteiger partial charge is 0.124 e. The largest absolute Gasteiger partial charge is 0.491 e. The number of ether oxygens (including phenoxy) is 1. The topological polar surface area (TPSA) is 68.4 Å². The number of aliphatic hydroxyl groups excluding tert-OH is 1. The molecule has 6 heteroatoms. The summed E-state index contributed by atoms with van der Waals surface area (Å²) in [6.45, 7) is 0.309. The van der Waals surface area contributed by atoms with Crippen LogP contribution in [0.2, 0.25) is 0 Å². The first-order chi connectivity index (χ1) is 10.2. The second-order valence-corrected chi connectivity index (χ2v) is 6.65. The van der Waals surface area contributed by atoms with Gasteiger partial charge in [-0.25, -0.2) is 4.98 Å². The molecule has 0 atom stereocenters. The Kier molecular flexibility index (Phi) is 4.27. The average Bonchev–Trinajstić information content (AvgIpc) is 2.91. The summed E-state index contributed by atoms with van der Waals surface area (Å²) in [5.74, 6) is 0.749. The first kappa shape index (κ1) is 14.6. The summed E-state index contributed by atoms with van der Waals surface area (Å²) in [5.41, 5.74) is 8.63. The number of hydrogen-bond donors (Lipinski definition) is 2. The molecular weight excluding hydrogens is 399 g/mol. The quantitative estimate of drug-likeness (QED) is 0.508. The summed E-state index contributed by atoms with van der Waals surface area (Å²) >= 11 is 3.84. The van der Waals surface area contributed by atoms with Crippen molar-refractivity contribution >= 4 is 49.8 Å². The summed E-state index contributed by atoms with van der Waals surface area (Å²) in [6, 6.07) is 11.7. The van der Waals surface area contributed by atoms with Crippen LogP contribution in [0, 0.1) is 3.57 Å². The Balaban J connectivity index is 1.98. The molecule has 0 saturated heterocycles. The molecule has 0 unspecified atom stereocenters. The van der Waals surface area contributed by atoms with Crippen LogP contribution in [-0.2, 0) is 0 Å². The zero-order chi connectivity index (χ0) is 14.8. The summed E-state index contributed by atoms with van der Waals surface area (Å²) in [4.78, 5) is 4.64. The van der Waals surface area contributed by atoms with Crippen LogP contribution < -0.4 is 10.5 Å². The second kappa shape index (κ2) is 6.17. The highest BCUT2D eigenvalue weighted by Gasteiger charge is 2.08. The Morgan fingerprint density at radius 1 is 1.24 bits per heavy atom. The van der Waals surface area contributed by atoms with Gasteiger partial charge in [0.25, 0.3) is 0 Å². The number of aromatic nitrogens is 1. The van der Waals surface area contributed by atoms with Crippen LogP contribution in [0.3, 0.4) is 0 Å². The number of benzene rings is 2. The summed E-state index contributed by atoms with van der Waals surface area (Å²) in [7, 11) is 0. The molecule has 108 valence electrons. The Labute approximate surface area is 139 Å². The summed E-state index contributed by atoms with van der Waals surface area (Å²) in [5, 5.41) is 9.76. The monoisotopic (exact) mass is 412 g/mol. The molecular formula is C15H13IN2O2S. The molecule has 21 heavy (non-hydrogen) atoms. The van der Waals surface area contributed by atoms with E-state index in [1.54, 1.807) is 11.3 Å². The number of rotatable bonds is 4. The Morgan fingerprint density at radius 3 is 2.86 bits per heavy atom. The minimum atomic E-state index is 0.00977. The van der Waals surface area contributed by atoms with E-state index in [4.69, 9.17) is 15.6 Å². The standard InChI is InChI=1S/C15H13IN2O2S/c16-11-7-9(1-3-12(11)17)15-18-13-4-2-10(20-6-5-19)8-14(13)21-15/h1-4,7-8,19H,5-6,17H2. The van der Waals surface area contributed by atoms with Gasteiger partial charge in [-0.1, -0.05) is 0 Å². The number of nitrogens with two attached hydrogens (primary N) is 1. The summed E-state index contributed by atoms with van der Waals surface area (Å²) < 4.78 is 7.51. The van der Waals surface area contributed by atoms with Crippen molar-refractivity contribution in [3.05, 3.63) is 40.0 Å². The first-order valence-electron chi connectivity index (χ1n) is 6.37. The second-order valence-electron chi connectivity index (χ2n) is 4.46. The van der Waals surface area contributed by atoms with Crippen LogP contribution >= 0.6 is 33.9 Å². The lowest BCUT2D eigenvalue weighted by molar-refractivity contribution is 0.201. The number of fused-ring (bicyclic) bond motifs is 1. The number of nitrogen functional groups attached to an aromatic ring is 1. The number of hydrogen-bond acceptors (Lipinski definition) is 5. The molecule has 2 aromatic carbocycles. The maximum atomic E-state index is 8.80. The molecule has 4 nitrogen and oxygen atoms in total. The average molecular weight is 412 g/mol. The van der Waals surface area contributed by atoms with E-state index in [1.165, 1.54) is 0 Å². The lowest BCUT2D eigenvalue weighted by Gasteiger charge is -2.02. The number of halogens is 1. The van der Waals surface area contributed by atoms with Crippen LogP contribution in [0.15, 0.2) is 36.4 Å². The van der Waals surface area contributed by atoms with E-state index < -0.39 is 0 Å². The van der Waals surface area contributed by atoms with Crippen molar-refractivity contribution in [2.45, 2.75) is 0 Å². The summed E-state index contributed by atoms with van der Waals surface area (Å²) in [6.07, 6.45) is 0. The molecule has 3 N–H and O–H groups in total. The first-order valence-corrected chi connectivity index (χ1v) is 8.26. The van der Waals surface area contributed by atoms with E-state index in [0.29, 0.717) is 6.61 Å². The third kappa shape index (κ3) is 3.12. The van der Waals surface area contributed by atoms with Crippen molar-refractivity contribution in [2.24, 2.45) is 0 Å². The van der Waals surface area contributed by atoms with Gasteiger partial charge in [0.2, 0.25) is 0 Å². The van der Waals surface area contributed by atoms with Crippen molar-refractivity contribution < 1.29 is 9.84 Å². The van der Waals surface area contributed by atoms with Crippen LogP contribution in [0.4, 0.5) is 5.69 Å². The van der Waals surface area contributed by atoms with Gasteiger partial charge in [0.05, 0.1) is 16.8 Å². The molecule has 3 rings (SSSR count). The molecule has 0 aliphatic carbocycles. The van der Waals surface area contributed by atoms with Crippen LogP contribution in [0.5, 0.6) is 5.75 Å².